The van der Waals surface area contributed by atoms with Crippen LogP contribution in [0.15, 0.2) is 47.1 Å². The number of carbonyl (C=O) groups is 1. The molecule has 0 spiro atoms. The Morgan fingerprint density at radius 2 is 2.00 bits per heavy atom. The predicted octanol–water partition coefficient (Wildman–Crippen LogP) is 4.48. The Balaban J connectivity index is 1.46. The molecule has 1 aliphatic carbocycles. The molecule has 1 aromatic heterocycles. The van der Waals surface area contributed by atoms with Crippen molar-refractivity contribution in [1.82, 2.24) is 15.1 Å². The quantitative estimate of drug-likeness (QED) is 0.541. The van der Waals surface area contributed by atoms with E-state index in [-0.39, 0.29) is 11.9 Å². The standard InChI is InChI=1S/C22H24BrN3O3/c1-14(24-15(2)27)12-28-19-8-6-18(7-9-19)26-11-17-5-10-20(21(23)22(17)25-26)29-13-16-3-4-16/h5-11,14,16H,3-4,12-13H2,1-2H3,(H,24,27)/t14-/m0/s1. The van der Waals surface area contributed by atoms with Crippen LogP contribution in [0.5, 0.6) is 11.5 Å². The lowest BCUT2D eigenvalue weighted by atomic mass is 10.2. The smallest absolute Gasteiger partial charge is 0.217 e. The minimum atomic E-state index is -0.0607. The van der Waals surface area contributed by atoms with E-state index in [0.717, 1.165) is 39.2 Å². The molecule has 3 aromatic rings. The summed E-state index contributed by atoms with van der Waals surface area (Å²) in [5, 5.41) is 8.57. The number of hydrogen-bond donors (Lipinski definition) is 1. The highest BCUT2D eigenvalue weighted by molar-refractivity contribution is 9.10. The normalized spacial score (nSPS) is 14.6. The Morgan fingerprint density at radius 3 is 2.69 bits per heavy atom. The molecule has 0 unspecified atom stereocenters. The molecule has 4 rings (SSSR count). The minimum absolute atomic E-state index is 0.0442. The molecule has 7 heteroatoms. The number of hydrogen-bond acceptors (Lipinski definition) is 4. The first-order valence-electron chi connectivity index (χ1n) is 9.80. The van der Waals surface area contributed by atoms with Crippen molar-refractivity contribution in [2.24, 2.45) is 5.92 Å². The maximum atomic E-state index is 11.1. The lowest BCUT2D eigenvalue weighted by Crippen LogP contribution is -2.35. The molecule has 2 aromatic carbocycles. The van der Waals surface area contributed by atoms with Crippen molar-refractivity contribution in [3.8, 4) is 17.2 Å². The number of ether oxygens (including phenoxy) is 2. The lowest BCUT2D eigenvalue weighted by Gasteiger charge is -2.14. The van der Waals surface area contributed by atoms with Gasteiger partial charge in [-0.1, -0.05) is 0 Å². The number of carbonyl (C=O) groups excluding carboxylic acids is 1. The van der Waals surface area contributed by atoms with E-state index in [1.165, 1.54) is 19.8 Å². The summed E-state index contributed by atoms with van der Waals surface area (Å²) in [7, 11) is 0. The van der Waals surface area contributed by atoms with E-state index < -0.39 is 0 Å². The van der Waals surface area contributed by atoms with Crippen LogP contribution in [0.4, 0.5) is 0 Å². The summed E-state index contributed by atoms with van der Waals surface area (Å²) in [5.74, 6) is 2.23. The first-order chi connectivity index (χ1) is 14.0. The third kappa shape index (κ3) is 4.90. The van der Waals surface area contributed by atoms with Crippen molar-refractivity contribution < 1.29 is 14.3 Å². The van der Waals surface area contributed by atoms with Crippen molar-refractivity contribution in [2.45, 2.75) is 32.7 Å². The van der Waals surface area contributed by atoms with E-state index in [1.807, 2.05) is 54.2 Å². The second-order valence-corrected chi connectivity index (χ2v) is 8.34. The van der Waals surface area contributed by atoms with Crippen LogP contribution in [0.25, 0.3) is 16.6 Å². The van der Waals surface area contributed by atoms with E-state index >= 15 is 0 Å². The first kappa shape index (κ1) is 19.8. The molecular formula is C22H24BrN3O3. The van der Waals surface area contributed by atoms with Gasteiger partial charge >= 0.3 is 0 Å². The average molecular weight is 458 g/mol. The molecule has 0 bridgehead atoms. The Hall–Kier alpha value is -2.54. The van der Waals surface area contributed by atoms with Crippen molar-refractivity contribution in [3.63, 3.8) is 0 Å². The molecule has 29 heavy (non-hydrogen) atoms. The van der Waals surface area contributed by atoms with Gasteiger partial charge in [0.05, 0.1) is 22.8 Å². The van der Waals surface area contributed by atoms with Crippen LogP contribution < -0.4 is 14.8 Å². The van der Waals surface area contributed by atoms with Crippen LogP contribution in [-0.4, -0.2) is 34.9 Å². The van der Waals surface area contributed by atoms with Crippen LogP contribution in [0.2, 0.25) is 0 Å². The van der Waals surface area contributed by atoms with Gasteiger partial charge in [0.25, 0.3) is 0 Å². The number of nitrogens with one attached hydrogen (secondary N) is 1. The van der Waals surface area contributed by atoms with Gasteiger partial charge in [-0.15, -0.1) is 0 Å². The molecule has 1 heterocycles. The number of rotatable bonds is 8. The number of nitrogens with zero attached hydrogens (tertiary/aromatic N) is 2. The molecular weight excluding hydrogens is 434 g/mol. The summed E-state index contributed by atoms with van der Waals surface area (Å²) in [6, 6.07) is 11.7. The van der Waals surface area contributed by atoms with Gasteiger partial charge in [-0.05, 0) is 78.0 Å². The lowest BCUT2D eigenvalue weighted by molar-refractivity contribution is -0.119. The Kier molecular flexibility index (Phi) is 5.76. The van der Waals surface area contributed by atoms with E-state index in [9.17, 15) is 4.79 Å². The van der Waals surface area contributed by atoms with Gasteiger partial charge in [0, 0.05) is 18.5 Å². The fourth-order valence-corrected chi connectivity index (χ4v) is 3.63. The van der Waals surface area contributed by atoms with Crippen LogP contribution in [0.3, 0.4) is 0 Å². The molecule has 6 nitrogen and oxygen atoms in total. The predicted molar refractivity (Wildman–Crippen MR) is 116 cm³/mol. The molecule has 1 saturated carbocycles. The van der Waals surface area contributed by atoms with E-state index in [4.69, 9.17) is 14.6 Å². The molecule has 1 atom stereocenters. The summed E-state index contributed by atoms with van der Waals surface area (Å²) < 4.78 is 14.4. The third-order valence-corrected chi connectivity index (χ3v) is 5.57. The molecule has 1 amide bonds. The Bertz CT molecular complexity index is 1010. The van der Waals surface area contributed by atoms with E-state index in [1.54, 1.807) is 0 Å². The highest BCUT2D eigenvalue weighted by Crippen LogP contribution is 2.35. The number of fused-ring (bicyclic) bond motifs is 1. The summed E-state index contributed by atoms with van der Waals surface area (Å²) in [5.41, 5.74) is 1.82. The van der Waals surface area contributed by atoms with Gasteiger partial charge in [0.2, 0.25) is 5.91 Å². The Morgan fingerprint density at radius 1 is 1.24 bits per heavy atom. The van der Waals surface area contributed by atoms with Gasteiger partial charge in [0.15, 0.2) is 0 Å². The zero-order chi connectivity index (χ0) is 20.4. The van der Waals surface area contributed by atoms with Gasteiger partial charge < -0.3 is 14.8 Å². The molecule has 0 aliphatic heterocycles. The van der Waals surface area contributed by atoms with Crippen molar-refractivity contribution >= 4 is 32.7 Å². The van der Waals surface area contributed by atoms with Crippen LogP contribution in [-0.2, 0) is 4.79 Å². The SMILES string of the molecule is CC(=O)N[C@@H](C)COc1ccc(-n2cc3ccc(OCC4CC4)c(Br)c3n2)cc1. The summed E-state index contributed by atoms with van der Waals surface area (Å²) in [4.78, 5) is 11.1. The zero-order valence-electron chi connectivity index (χ0n) is 16.5. The van der Waals surface area contributed by atoms with Gasteiger partial charge in [0.1, 0.15) is 23.6 Å². The Labute approximate surface area is 178 Å². The highest BCUT2D eigenvalue weighted by Gasteiger charge is 2.22. The monoisotopic (exact) mass is 457 g/mol. The fraction of sp³-hybridized carbons (Fsp3) is 0.364. The molecule has 1 N–H and O–H groups in total. The molecule has 1 aliphatic rings. The number of benzene rings is 2. The summed E-state index contributed by atoms with van der Waals surface area (Å²) in [6.45, 7) is 4.60. The average Bonchev–Trinajstić information content (AvgIpc) is 3.42. The van der Waals surface area contributed by atoms with E-state index in [2.05, 4.69) is 21.2 Å². The van der Waals surface area contributed by atoms with Crippen molar-refractivity contribution in [3.05, 3.63) is 47.1 Å². The number of amides is 1. The van der Waals surface area contributed by atoms with E-state index in [0.29, 0.717) is 12.5 Å². The molecule has 1 fully saturated rings. The minimum Gasteiger partial charge on any atom is -0.492 e. The zero-order valence-corrected chi connectivity index (χ0v) is 18.1. The summed E-state index contributed by atoms with van der Waals surface area (Å²) >= 11 is 3.65. The van der Waals surface area contributed by atoms with Gasteiger partial charge in [-0.25, -0.2) is 4.68 Å². The van der Waals surface area contributed by atoms with Crippen molar-refractivity contribution in [2.75, 3.05) is 13.2 Å². The molecule has 0 saturated heterocycles. The molecule has 152 valence electrons. The number of halogens is 1. The van der Waals surface area contributed by atoms with Crippen molar-refractivity contribution in [1.29, 1.82) is 0 Å². The maximum absolute atomic E-state index is 11.1. The largest absolute Gasteiger partial charge is 0.492 e. The molecule has 0 radical (unpaired) electrons. The number of aromatic nitrogens is 2. The third-order valence-electron chi connectivity index (χ3n) is 4.80. The fourth-order valence-electron chi connectivity index (χ4n) is 3.08. The highest BCUT2D eigenvalue weighted by atomic mass is 79.9. The second kappa shape index (κ2) is 8.45. The van der Waals surface area contributed by atoms with Gasteiger partial charge in [-0.3, -0.25) is 4.79 Å². The first-order valence-corrected chi connectivity index (χ1v) is 10.6. The van der Waals surface area contributed by atoms with Gasteiger partial charge in [-0.2, -0.15) is 5.10 Å². The maximum Gasteiger partial charge on any atom is 0.217 e. The van der Waals surface area contributed by atoms with Crippen LogP contribution >= 0.6 is 15.9 Å². The second-order valence-electron chi connectivity index (χ2n) is 7.55. The topological polar surface area (TPSA) is 65.4 Å². The van der Waals surface area contributed by atoms with Crippen LogP contribution in [0, 0.1) is 5.92 Å². The van der Waals surface area contributed by atoms with Crippen LogP contribution in [0.1, 0.15) is 26.7 Å². The summed E-state index contributed by atoms with van der Waals surface area (Å²) in [6.07, 6.45) is 4.53.